The van der Waals surface area contributed by atoms with E-state index < -0.39 is 0 Å². The van der Waals surface area contributed by atoms with E-state index in [4.69, 9.17) is 11.0 Å². The van der Waals surface area contributed by atoms with Crippen LogP contribution in [0.15, 0.2) is 41.6 Å². The summed E-state index contributed by atoms with van der Waals surface area (Å²) >= 11 is 1.42. The number of nitriles is 1. The maximum atomic E-state index is 13.5. The summed E-state index contributed by atoms with van der Waals surface area (Å²) in [6.07, 6.45) is 3.20. The van der Waals surface area contributed by atoms with E-state index in [1.165, 1.54) is 23.9 Å². The van der Waals surface area contributed by atoms with Crippen LogP contribution in [0.3, 0.4) is 0 Å². The van der Waals surface area contributed by atoms with Crippen molar-refractivity contribution in [3.63, 3.8) is 0 Å². The van der Waals surface area contributed by atoms with E-state index in [1.54, 1.807) is 24.5 Å². The van der Waals surface area contributed by atoms with Crippen LogP contribution in [0.4, 0.5) is 10.1 Å². The lowest BCUT2D eigenvalue weighted by molar-refractivity contribution is 0.617. The number of anilines is 1. The first-order chi connectivity index (χ1) is 8.70. The number of rotatable bonds is 3. The maximum Gasteiger partial charge on any atom is 0.127 e. The predicted molar refractivity (Wildman–Crippen MR) is 69.3 cm³/mol. The van der Waals surface area contributed by atoms with Crippen LogP contribution in [0.25, 0.3) is 0 Å². The van der Waals surface area contributed by atoms with Gasteiger partial charge in [0.2, 0.25) is 0 Å². The molecule has 0 unspecified atom stereocenters. The Morgan fingerprint density at radius 2 is 2.22 bits per heavy atom. The Morgan fingerprint density at radius 3 is 2.94 bits per heavy atom. The second-order valence-corrected chi connectivity index (χ2v) is 4.64. The molecule has 0 aliphatic rings. The fourth-order valence-corrected chi connectivity index (χ4v) is 2.34. The number of benzene rings is 1. The summed E-state index contributed by atoms with van der Waals surface area (Å²) in [5, 5.41) is 8.77. The monoisotopic (exact) mass is 259 g/mol. The number of nitrogen functional groups attached to an aromatic ring is 1. The largest absolute Gasteiger partial charge is 0.397 e. The summed E-state index contributed by atoms with van der Waals surface area (Å²) in [5.41, 5.74) is 7.27. The van der Waals surface area contributed by atoms with Crippen molar-refractivity contribution in [2.45, 2.75) is 10.6 Å². The van der Waals surface area contributed by atoms with Gasteiger partial charge in [-0.2, -0.15) is 5.26 Å². The summed E-state index contributed by atoms with van der Waals surface area (Å²) in [5.74, 6) is 0.115. The van der Waals surface area contributed by atoms with E-state index in [9.17, 15) is 4.39 Å². The van der Waals surface area contributed by atoms with Crippen molar-refractivity contribution in [3.05, 3.63) is 53.6 Å². The number of aromatic nitrogens is 1. The van der Waals surface area contributed by atoms with Gasteiger partial charge < -0.3 is 5.73 Å². The fourth-order valence-electron chi connectivity index (χ4n) is 1.44. The number of thioether (sulfide) groups is 1. The molecule has 0 spiro atoms. The van der Waals surface area contributed by atoms with Gasteiger partial charge >= 0.3 is 0 Å². The molecule has 1 aromatic heterocycles. The SMILES string of the molecule is N#Cc1ccc(F)c(CSc2ccncc2N)c1. The zero-order valence-corrected chi connectivity index (χ0v) is 10.2. The standard InChI is InChI=1S/C13H10FN3S/c14-11-2-1-9(6-15)5-10(11)8-18-13-3-4-17-7-12(13)16/h1-5,7H,8,16H2. The van der Waals surface area contributed by atoms with Gasteiger partial charge in [0, 0.05) is 16.8 Å². The van der Waals surface area contributed by atoms with Crippen LogP contribution in [0.5, 0.6) is 0 Å². The van der Waals surface area contributed by atoms with Crippen LogP contribution < -0.4 is 5.73 Å². The molecule has 5 heteroatoms. The highest BCUT2D eigenvalue weighted by Gasteiger charge is 2.06. The highest BCUT2D eigenvalue weighted by molar-refractivity contribution is 7.98. The predicted octanol–water partition coefficient (Wildman–Crippen LogP) is 2.97. The molecule has 90 valence electrons. The van der Waals surface area contributed by atoms with Crippen molar-refractivity contribution in [1.29, 1.82) is 5.26 Å². The fraction of sp³-hybridized carbons (Fsp3) is 0.0769. The molecule has 0 atom stereocenters. The Kier molecular flexibility index (Phi) is 3.80. The zero-order chi connectivity index (χ0) is 13.0. The molecule has 1 heterocycles. The van der Waals surface area contributed by atoms with Crippen molar-refractivity contribution < 1.29 is 4.39 Å². The van der Waals surface area contributed by atoms with Crippen molar-refractivity contribution in [1.82, 2.24) is 4.98 Å². The minimum absolute atomic E-state index is 0.311. The summed E-state index contributed by atoms with van der Waals surface area (Å²) in [6.45, 7) is 0. The van der Waals surface area contributed by atoms with Crippen molar-refractivity contribution in [2.24, 2.45) is 0 Å². The Hall–Kier alpha value is -2.06. The molecule has 0 saturated heterocycles. The second kappa shape index (κ2) is 5.52. The van der Waals surface area contributed by atoms with E-state index in [0.29, 0.717) is 22.6 Å². The van der Waals surface area contributed by atoms with E-state index >= 15 is 0 Å². The summed E-state index contributed by atoms with van der Waals surface area (Å²) in [4.78, 5) is 4.74. The molecule has 1 aromatic carbocycles. The Bertz CT molecular complexity index is 607. The summed E-state index contributed by atoms with van der Waals surface area (Å²) in [7, 11) is 0. The number of hydrogen-bond acceptors (Lipinski definition) is 4. The van der Waals surface area contributed by atoms with Gasteiger partial charge in [-0.15, -0.1) is 11.8 Å². The first-order valence-corrected chi connectivity index (χ1v) is 6.20. The first kappa shape index (κ1) is 12.4. The van der Waals surface area contributed by atoms with Crippen LogP contribution in [0.2, 0.25) is 0 Å². The average molecular weight is 259 g/mol. The topological polar surface area (TPSA) is 62.7 Å². The summed E-state index contributed by atoms with van der Waals surface area (Å²) < 4.78 is 13.5. The lowest BCUT2D eigenvalue weighted by Gasteiger charge is -2.06. The molecule has 18 heavy (non-hydrogen) atoms. The van der Waals surface area contributed by atoms with Crippen LogP contribution >= 0.6 is 11.8 Å². The third-order valence-electron chi connectivity index (χ3n) is 2.37. The quantitative estimate of drug-likeness (QED) is 0.861. The third-order valence-corrected chi connectivity index (χ3v) is 3.51. The Balaban J connectivity index is 2.16. The molecule has 0 bridgehead atoms. The average Bonchev–Trinajstić information content (AvgIpc) is 2.39. The van der Waals surface area contributed by atoms with Crippen molar-refractivity contribution in [2.75, 3.05) is 5.73 Å². The molecule has 2 N–H and O–H groups in total. The smallest absolute Gasteiger partial charge is 0.127 e. The van der Waals surface area contributed by atoms with Crippen molar-refractivity contribution >= 4 is 17.4 Å². The number of nitrogens with two attached hydrogens (primary N) is 1. The molecular weight excluding hydrogens is 249 g/mol. The van der Waals surface area contributed by atoms with Gasteiger partial charge in [-0.3, -0.25) is 4.98 Å². The molecule has 0 fully saturated rings. The molecule has 0 amide bonds. The van der Waals surface area contributed by atoms with Crippen LogP contribution in [0, 0.1) is 17.1 Å². The van der Waals surface area contributed by atoms with Gasteiger partial charge in [-0.05, 0) is 29.8 Å². The lowest BCUT2D eigenvalue weighted by Crippen LogP contribution is -1.92. The van der Waals surface area contributed by atoms with Gasteiger partial charge in [0.25, 0.3) is 0 Å². The van der Waals surface area contributed by atoms with Crippen molar-refractivity contribution in [3.8, 4) is 6.07 Å². The molecule has 0 aliphatic carbocycles. The molecule has 0 saturated carbocycles. The van der Waals surface area contributed by atoms with Gasteiger partial charge in [-0.1, -0.05) is 0 Å². The number of pyridine rings is 1. The molecule has 2 aromatic rings. The summed E-state index contributed by atoms with van der Waals surface area (Å²) in [6, 6.07) is 8.11. The molecule has 2 rings (SSSR count). The van der Waals surface area contributed by atoms with Gasteiger partial charge in [0.05, 0.1) is 23.5 Å². The number of hydrogen-bond donors (Lipinski definition) is 1. The molecule has 0 aliphatic heterocycles. The van der Waals surface area contributed by atoms with Crippen LogP contribution in [0.1, 0.15) is 11.1 Å². The Labute approximate surface area is 108 Å². The zero-order valence-electron chi connectivity index (χ0n) is 9.43. The number of nitrogens with zero attached hydrogens (tertiary/aromatic N) is 2. The van der Waals surface area contributed by atoms with Crippen LogP contribution in [-0.2, 0) is 5.75 Å². The number of halogens is 1. The van der Waals surface area contributed by atoms with Gasteiger partial charge in [0.15, 0.2) is 0 Å². The highest BCUT2D eigenvalue weighted by Crippen LogP contribution is 2.28. The lowest BCUT2D eigenvalue weighted by atomic mass is 10.1. The van der Waals surface area contributed by atoms with E-state index in [1.807, 2.05) is 6.07 Å². The normalized spacial score (nSPS) is 10.0. The van der Waals surface area contributed by atoms with Gasteiger partial charge in [-0.25, -0.2) is 4.39 Å². The van der Waals surface area contributed by atoms with Gasteiger partial charge in [0.1, 0.15) is 5.82 Å². The maximum absolute atomic E-state index is 13.5. The first-order valence-electron chi connectivity index (χ1n) is 5.21. The third kappa shape index (κ3) is 2.79. The molecule has 0 radical (unpaired) electrons. The Morgan fingerprint density at radius 1 is 1.39 bits per heavy atom. The van der Waals surface area contributed by atoms with E-state index in [2.05, 4.69) is 4.98 Å². The van der Waals surface area contributed by atoms with E-state index in [-0.39, 0.29) is 5.82 Å². The molecular formula is C13H10FN3S. The second-order valence-electron chi connectivity index (χ2n) is 3.62. The highest BCUT2D eigenvalue weighted by atomic mass is 32.2. The van der Waals surface area contributed by atoms with E-state index in [0.717, 1.165) is 4.90 Å². The molecule has 3 nitrogen and oxygen atoms in total. The van der Waals surface area contributed by atoms with Crippen LogP contribution in [-0.4, -0.2) is 4.98 Å². The minimum Gasteiger partial charge on any atom is -0.397 e. The minimum atomic E-state index is -0.311.